The molecule has 9 nitrogen and oxygen atoms in total. The zero-order valence-electron chi connectivity index (χ0n) is 31.5. The van der Waals surface area contributed by atoms with Crippen LogP contribution in [0.1, 0.15) is 181 Å². The highest BCUT2D eigenvalue weighted by Crippen LogP contribution is 2.22. The van der Waals surface area contributed by atoms with Crippen LogP contribution in [0.4, 0.5) is 0 Å². The third-order valence-corrected chi connectivity index (χ3v) is 9.86. The molecule has 1 aliphatic heterocycles. The number of carbonyl (C=O) groups excluding carboxylic acids is 1. The molecule has 1 amide bonds. The molecule has 0 saturated carbocycles. The number of allylic oxidation sites excluding steroid dienone is 1. The molecule has 0 radical (unpaired) electrons. The Hall–Kier alpha value is -1.07. The molecule has 1 rings (SSSR count). The van der Waals surface area contributed by atoms with E-state index in [1.807, 2.05) is 6.08 Å². The quantitative estimate of drug-likeness (QED) is 0.0307. The topological polar surface area (TPSA) is 149 Å². The number of ether oxygens (including phenoxy) is 2. The molecule has 0 bridgehead atoms. The van der Waals surface area contributed by atoms with Gasteiger partial charge < -0.3 is 40.3 Å². The molecule has 0 aromatic carbocycles. The summed E-state index contributed by atoms with van der Waals surface area (Å²) in [5, 5.41) is 53.9. The summed E-state index contributed by atoms with van der Waals surface area (Å²) in [6, 6.07) is -0.796. The Morgan fingerprint density at radius 3 is 1.59 bits per heavy atom. The van der Waals surface area contributed by atoms with Gasteiger partial charge in [0.2, 0.25) is 5.91 Å². The lowest BCUT2D eigenvalue weighted by atomic mass is 9.99. The van der Waals surface area contributed by atoms with Crippen LogP contribution in [0, 0.1) is 0 Å². The van der Waals surface area contributed by atoms with Crippen molar-refractivity contribution >= 4 is 5.91 Å². The zero-order chi connectivity index (χ0) is 36.0. The summed E-state index contributed by atoms with van der Waals surface area (Å²) >= 11 is 0. The molecule has 7 atom stereocenters. The van der Waals surface area contributed by atoms with Crippen LogP contribution in [0.3, 0.4) is 0 Å². The Balaban J connectivity index is 2.42. The Morgan fingerprint density at radius 2 is 1.12 bits per heavy atom. The molecule has 1 fully saturated rings. The van der Waals surface area contributed by atoms with Gasteiger partial charge in [-0.3, -0.25) is 4.79 Å². The predicted molar refractivity (Wildman–Crippen MR) is 198 cm³/mol. The second-order valence-corrected chi connectivity index (χ2v) is 14.4. The van der Waals surface area contributed by atoms with Gasteiger partial charge >= 0.3 is 0 Å². The van der Waals surface area contributed by atoms with Gasteiger partial charge in [0.05, 0.1) is 25.4 Å². The molecule has 1 heterocycles. The van der Waals surface area contributed by atoms with E-state index >= 15 is 0 Å². The molecule has 49 heavy (non-hydrogen) atoms. The lowest BCUT2D eigenvalue weighted by Gasteiger charge is -2.40. The van der Waals surface area contributed by atoms with E-state index in [1.54, 1.807) is 6.08 Å². The average molecular weight is 700 g/mol. The monoisotopic (exact) mass is 700 g/mol. The Kier molecular flexibility index (Phi) is 29.7. The van der Waals surface area contributed by atoms with Gasteiger partial charge in [0.1, 0.15) is 24.4 Å². The number of hydrogen-bond donors (Lipinski definition) is 6. The molecule has 0 aliphatic carbocycles. The second kappa shape index (κ2) is 31.6. The summed E-state index contributed by atoms with van der Waals surface area (Å²) < 4.78 is 11.2. The van der Waals surface area contributed by atoms with Crippen LogP contribution in [-0.4, -0.2) is 87.5 Å². The summed E-state index contributed by atoms with van der Waals surface area (Å²) in [6.07, 6.45) is 26.8. The minimum absolute atomic E-state index is 0.177. The molecule has 9 heteroatoms. The Morgan fingerprint density at radius 1 is 0.673 bits per heavy atom. The summed E-state index contributed by atoms with van der Waals surface area (Å²) in [4.78, 5) is 12.9. The molecular weight excluding hydrogens is 622 g/mol. The second-order valence-electron chi connectivity index (χ2n) is 14.4. The number of carbonyl (C=O) groups is 1. The van der Waals surface area contributed by atoms with Gasteiger partial charge in [-0.25, -0.2) is 0 Å². The molecule has 1 aliphatic rings. The summed E-state index contributed by atoms with van der Waals surface area (Å²) in [5.74, 6) is -0.177. The van der Waals surface area contributed by atoms with Gasteiger partial charge in [-0.05, 0) is 19.3 Å². The minimum Gasteiger partial charge on any atom is -0.394 e. The van der Waals surface area contributed by atoms with Crippen molar-refractivity contribution in [3.63, 3.8) is 0 Å². The van der Waals surface area contributed by atoms with Gasteiger partial charge in [-0.15, -0.1) is 0 Å². The standard InChI is InChI=1S/C40H77NO8/c1-3-5-7-9-11-13-15-17-18-20-22-24-26-28-30-36(44)41-33(32-48-40-39(47)38(46)37(45)35(31-42)49-40)34(43)29-27-25-23-21-19-16-14-12-10-8-6-4-2/h27,29,33-35,37-40,42-43,45-47H,3-26,28,30-32H2,1-2H3,(H,41,44)/b29-27+/t33-,34+,35+,37-,38?,39?,40+/m0/s1. The van der Waals surface area contributed by atoms with E-state index < -0.39 is 49.5 Å². The predicted octanol–water partition coefficient (Wildman–Crippen LogP) is 7.39. The fourth-order valence-corrected chi connectivity index (χ4v) is 6.51. The molecule has 290 valence electrons. The SMILES string of the molecule is CCCCCCCCCCCC/C=C/[C@@H](O)[C@H](CO[C@@H]1O[C@H](CO)[C@H](O)C(O)C1O)NC(=O)CCCCCCCCCCCCCCCC. The first-order chi connectivity index (χ1) is 23.8. The van der Waals surface area contributed by atoms with Crippen LogP contribution in [0.2, 0.25) is 0 Å². The Bertz CT molecular complexity index is 781. The van der Waals surface area contributed by atoms with Crippen molar-refractivity contribution in [2.45, 2.75) is 224 Å². The maximum atomic E-state index is 12.9. The molecule has 6 N–H and O–H groups in total. The first-order valence-corrected chi connectivity index (χ1v) is 20.4. The van der Waals surface area contributed by atoms with Crippen LogP contribution in [0.5, 0.6) is 0 Å². The first kappa shape index (κ1) is 46.0. The number of unbranched alkanes of at least 4 members (excludes halogenated alkanes) is 23. The molecule has 0 spiro atoms. The fraction of sp³-hybridized carbons (Fsp3) is 0.925. The highest BCUT2D eigenvalue weighted by atomic mass is 16.7. The van der Waals surface area contributed by atoms with Gasteiger partial charge in [-0.1, -0.05) is 167 Å². The van der Waals surface area contributed by atoms with E-state index in [2.05, 4.69) is 19.2 Å². The third-order valence-electron chi connectivity index (χ3n) is 9.86. The van der Waals surface area contributed by atoms with E-state index in [-0.39, 0.29) is 12.5 Å². The number of aliphatic hydroxyl groups excluding tert-OH is 5. The summed E-state index contributed by atoms with van der Waals surface area (Å²) in [6.45, 7) is 3.75. The van der Waals surface area contributed by atoms with Crippen molar-refractivity contribution < 1.29 is 39.8 Å². The normalized spacial score (nSPS) is 22.5. The number of nitrogens with one attached hydrogen (secondary N) is 1. The lowest BCUT2D eigenvalue weighted by Crippen LogP contribution is -2.60. The van der Waals surface area contributed by atoms with Crippen LogP contribution in [0.25, 0.3) is 0 Å². The van der Waals surface area contributed by atoms with E-state index in [0.29, 0.717) is 6.42 Å². The molecule has 0 aromatic rings. The van der Waals surface area contributed by atoms with E-state index in [0.717, 1.165) is 38.5 Å². The van der Waals surface area contributed by atoms with E-state index in [9.17, 15) is 30.3 Å². The number of amides is 1. The highest BCUT2D eigenvalue weighted by molar-refractivity contribution is 5.76. The highest BCUT2D eigenvalue weighted by Gasteiger charge is 2.44. The van der Waals surface area contributed by atoms with E-state index in [4.69, 9.17) is 9.47 Å². The van der Waals surface area contributed by atoms with Crippen molar-refractivity contribution in [2.75, 3.05) is 13.2 Å². The summed E-state index contributed by atoms with van der Waals surface area (Å²) in [7, 11) is 0. The van der Waals surface area contributed by atoms with Crippen LogP contribution in [0.15, 0.2) is 12.2 Å². The van der Waals surface area contributed by atoms with Crippen molar-refractivity contribution in [2.24, 2.45) is 0 Å². The van der Waals surface area contributed by atoms with Crippen molar-refractivity contribution in [1.29, 1.82) is 0 Å². The third kappa shape index (κ3) is 23.2. The zero-order valence-corrected chi connectivity index (χ0v) is 31.5. The van der Waals surface area contributed by atoms with Crippen molar-refractivity contribution in [3.05, 3.63) is 12.2 Å². The van der Waals surface area contributed by atoms with Gasteiger partial charge in [-0.2, -0.15) is 0 Å². The fourth-order valence-electron chi connectivity index (χ4n) is 6.51. The number of rotatable bonds is 33. The maximum absolute atomic E-state index is 12.9. The molecular formula is C40H77NO8. The lowest BCUT2D eigenvalue weighted by molar-refractivity contribution is -0.302. The largest absolute Gasteiger partial charge is 0.394 e. The van der Waals surface area contributed by atoms with Crippen molar-refractivity contribution in [3.8, 4) is 0 Å². The molecule has 1 saturated heterocycles. The smallest absolute Gasteiger partial charge is 0.220 e. The van der Waals surface area contributed by atoms with E-state index in [1.165, 1.54) is 122 Å². The minimum atomic E-state index is -1.56. The number of aliphatic hydroxyl groups is 5. The van der Waals surface area contributed by atoms with Gasteiger partial charge in [0.15, 0.2) is 6.29 Å². The Labute approximate surface area is 299 Å². The van der Waals surface area contributed by atoms with Crippen molar-refractivity contribution in [1.82, 2.24) is 5.32 Å². The van der Waals surface area contributed by atoms with Gasteiger partial charge in [0.25, 0.3) is 0 Å². The molecule has 0 aromatic heterocycles. The average Bonchev–Trinajstić information content (AvgIpc) is 3.10. The maximum Gasteiger partial charge on any atom is 0.220 e. The van der Waals surface area contributed by atoms with Crippen LogP contribution >= 0.6 is 0 Å². The summed E-state index contributed by atoms with van der Waals surface area (Å²) in [5.41, 5.74) is 0. The van der Waals surface area contributed by atoms with Crippen LogP contribution in [-0.2, 0) is 14.3 Å². The first-order valence-electron chi connectivity index (χ1n) is 20.4. The van der Waals surface area contributed by atoms with Crippen LogP contribution < -0.4 is 5.32 Å². The molecule has 2 unspecified atom stereocenters. The van der Waals surface area contributed by atoms with Gasteiger partial charge in [0, 0.05) is 6.42 Å². The number of hydrogen-bond acceptors (Lipinski definition) is 8.